The van der Waals surface area contributed by atoms with Crippen molar-refractivity contribution in [3.05, 3.63) is 72.8 Å². The smallest absolute Gasteiger partial charge is 0.0623 e. The Bertz CT molecular complexity index is 557. The van der Waals surface area contributed by atoms with Gasteiger partial charge in [-0.05, 0) is 12.1 Å². The monoisotopic (exact) mass is 234 g/mol. The van der Waals surface area contributed by atoms with E-state index in [2.05, 4.69) is 4.98 Å². The van der Waals surface area contributed by atoms with Crippen molar-refractivity contribution >= 4 is 21.0 Å². The molecule has 0 spiro atoms. The summed E-state index contributed by atoms with van der Waals surface area (Å²) >= 11 is 0. The summed E-state index contributed by atoms with van der Waals surface area (Å²) in [7, 11) is 0. The first-order valence-electron chi connectivity index (χ1n) is 5.41. The average Bonchev–Trinajstić information content (AvgIpc) is 2.41. The Morgan fingerprint density at radius 1 is 0.667 bits per heavy atom. The Balaban J connectivity index is 0.000000199. The van der Waals surface area contributed by atoms with Gasteiger partial charge in [0, 0.05) is 11.5 Å². The summed E-state index contributed by atoms with van der Waals surface area (Å²) in [4.78, 5) is 3.93. The number of hydrogen-bond acceptors (Lipinski definition) is 2. The van der Waals surface area contributed by atoms with E-state index in [1.54, 1.807) is 6.07 Å². The van der Waals surface area contributed by atoms with E-state index in [4.69, 9.17) is 5.11 Å². The largest absolute Gasteiger partial charge is 0.0623 e. The van der Waals surface area contributed by atoms with Crippen LogP contribution in [0.1, 0.15) is 0 Å². The molecule has 1 N–H and O–H groups in total. The van der Waals surface area contributed by atoms with Gasteiger partial charge in [0.1, 0.15) is 0 Å². The summed E-state index contributed by atoms with van der Waals surface area (Å²) < 4.78 is 0. The van der Waals surface area contributed by atoms with Crippen molar-refractivity contribution in [2.45, 2.75) is 0 Å². The van der Waals surface area contributed by atoms with Crippen molar-refractivity contribution in [3.63, 3.8) is 0 Å². The third kappa shape index (κ3) is 4.00. The van der Waals surface area contributed by atoms with Gasteiger partial charge in [0.05, 0.1) is 5.52 Å². The minimum atomic E-state index is 0. The summed E-state index contributed by atoms with van der Waals surface area (Å²) in [6.45, 7) is 0. The molecule has 0 saturated carbocycles. The molecule has 0 atom stereocenters. The fourth-order valence-corrected chi connectivity index (χ4v) is 1.44. The van der Waals surface area contributed by atoms with Crippen molar-refractivity contribution in [1.29, 1.82) is 0 Å². The number of aromatic nitrogens is 1. The second kappa shape index (κ2) is 7.20. The number of nitrogens with zero attached hydrogens (tertiary/aromatic N) is 1. The van der Waals surface area contributed by atoms with Crippen LogP contribution in [0.3, 0.4) is 0 Å². The minimum absolute atomic E-state index is 0. The first kappa shape index (κ1) is 13.9. The van der Waals surface area contributed by atoms with Crippen molar-refractivity contribution in [3.8, 4) is 5.88 Å². The molecule has 0 aliphatic carbocycles. The Kier molecular flexibility index (Phi) is 5.56. The van der Waals surface area contributed by atoms with Crippen molar-refractivity contribution in [2.75, 3.05) is 0 Å². The van der Waals surface area contributed by atoms with Gasteiger partial charge in [-0.15, -0.1) is 0 Å². The zero-order chi connectivity index (χ0) is 11.9. The number of aromatic hydroxyl groups is 1. The van der Waals surface area contributed by atoms with E-state index in [-0.39, 0.29) is 16.0 Å². The van der Waals surface area contributed by atoms with Crippen LogP contribution < -0.4 is 0 Å². The van der Waals surface area contributed by atoms with Gasteiger partial charge in [0.15, 0.2) is 0 Å². The molecule has 3 rings (SSSR count). The first-order valence-corrected chi connectivity index (χ1v) is 5.41. The molecule has 0 bridgehead atoms. The molecule has 3 heteroatoms. The standard InChI is InChI=1S/C9H7NO.C6H6.Be.2H/c11-9-6-5-7-3-1-2-4-8(7)10-9;1-2-4-6-5-3-1;;;/h1-6H,(H,10,11);1-6H;;;. The van der Waals surface area contributed by atoms with Gasteiger partial charge in [-0.2, -0.15) is 0 Å². The molecule has 1 heterocycles. The number of pyridine rings is 1. The molecule has 0 unspecified atom stereocenters. The fourth-order valence-electron chi connectivity index (χ4n) is 1.44. The van der Waals surface area contributed by atoms with Gasteiger partial charge in [0.2, 0.25) is 5.88 Å². The quantitative estimate of drug-likeness (QED) is 0.607. The molecule has 1 aromatic heterocycles. The van der Waals surface area contributed by atoms with Crippen LogP contribution in [-0.2, 0) is 0 Å². The number of rotatable bonds is 0. The third-order valence-electron chi connectivity index (χ3n) is 2.25. The Morgan fingerprint density at radius 2 is 1.22 bits per heavy atom. The molecule has 2 aromatic carbocycles. The van der Waals surface area contributed by atoms with Crippen LogP contribution in [0, 0.1) is 0 Å². The second-order valence-corrected chi connectivity index (χ2v) is 3.52. The molecule has 3 aromatic rings. The van der Waals surface area contributed by atoms with Crippen molar-refractivity contribution in [2.24, 2.45) is 0 Å². The van der Waals surface area contributed by atoms with E-state index < -0.39 is 0 Å². The number of fused-ring (bicyclic) bond motifs is 1. The molecule has 0 saturated heterocycles. The summed E-state index contributed by atoms with van der Waals surface area (Å²) in [5, 5.41) is 10.1. The van der Waals surface area contributed by atoms with Gasteiger partial charge in [-0.3, -0.25) is 0 Å². The van der Waals surface area contributed by atoms with Gasteiger partial charge in [-0.1, -0.05) is 54.6 Å². The van der Waals surface area contributed by atoms with E-state index in [1.165, 1.54) is 0 Å². The molecule has 0 radical (unpaired) electrons. The summed E-state index contributed by atoms with van der Waals surface area (Å²) in [5.41, 5.74) is 0.826. The maximum Gasteiger partial charge on any atom is -0.0623 e. The van der Waals surface area contributed by atoms with E-state index in [0.717, 1.165) is 10.9 Å². The molecule has 0 fully saturated rings. The zero-order valence-electron chi connectivity index (χ0n) is 9.32. The second-order valence-electron chi connectivity index (χ2n) is 3.52. The normalized spacial score (nSPS) is 8.89. The molecule has 0 aliphatic heterocycles. The predicted molar refractivity (Wildman–Crippen MR) is 78.4 cm³/mol. The van der Waals surface area contributed by atoms with Crippen molar-refractivity contribution in [1.82, 2.24) is 4.98 Å². The van der Waals surface area contributed by atoms with Gasteiger partial charge in [0.25, 0.3) is 0 Å². The predicted octanol–water partition coefficient (Wildman–Crippen LogP) is 2.71. The van der Waals surface area contributed by atoms with Crippen LogP contribution in [0.15, 0.2) is 72.8 Å². The number of para-hydroxylation sites is 1. The zero-order valence-corrected chi connectivity index (χ0v) is 9.32. The first-order chi connectivity index (χ1) is 8.36. The van der Waals surface area contributed by atoms with Crippen LogP contribution in [-0.4, -0.2) is 20.2 Å². The molecular weight excluding hydrogens is 219 g/mol. The average molecular weight is 234 g/mol. The SMILES string of the molecule is Oc1ccc2ccccc2n1.[BeH2].c1ccccc1. The summed E-state index contributed by atoms with van der Waals surface area (Å²) in [6, 6.07) is 23.1. The van der Waals surface area contributed by atoms with Crippen LogP contribution in [0.4, 0.5) is 0 Å². The van der Waals surface area contributed by atoms with E-state index in [9.17, 15) is 0 Å². The molecule has 0 amide bonds. The summed E-state index contributed by atoms with van der Waals surface area (Å²) in [5.74, 6) is 0.0729. The van der Waals surface area contributed by atoms with E-state index in [0.29, 0.717) is 0 Å². The van der Waals surface area contributed by atoms with Crippen molar-refractivity contribution < 1.29 is 5.11 Å². The molecule has 18 heavy (non-hydrogen) atoms. The van der Waals surface area contributed by atoms with Crippen LogP contribution in [0.2, 0.25) is 0 Å². The van der Waals surface area contributed by atoms with E-state index in [1.807, 2.05) is 66.7 Å². The summed E-state index contributed by atoms with van der Waals surface area (Å²) in [6.07, 6.45) is 0. The van der Waals surface area contributed by atoms with Gasteiger partial charge >= 0.3 is 10.1 Å². The van der Waals surface area contributed by atoms with Gasteiger partial charge < -0.3 is 5.11 Å². The molecule has 88 valence electrons. The van der Waals surface area contributed by atoms with Crippen LogP contribution >= 0.6 is 0 Å². The number of hydrogen-bond donors (Lipinski definition) is 1. The maximum absolute atomic E-state index is 9.02. The molecule has 2 nitrogen and oxygen atoms in total. The van der Waals surface area contributed by atoms with Crippen LogP contribution in [0.25, 0.3) is 10.9 Å². The third-order valence-corrected chi connectivity index (χ3v) is 2.25. The number of benzene rings is 2. The fraction of sp³-hybridized carbons (Fsp3) is 0. The Hall–Kier alpha value is -2.18. The molecular formula is C15H15BeNO. The maximum atomic E-state index is 9.02. The Morgan fingerprint density at radius 3 is 1.83 bits per heavy atom. The van der Waals surface area contributed by atoms with E-state index >= 15 is 0 Å². The molecule has 0 aliphatic rings. The minimum Gasteiger partial charge on any atom is -0.0623 e. The van der Waals surface area contributed by atoms with Gasteiger partial charge in [-0.25, -0.2) is 4.98 Å². The topological polar surface area (TPSA) is 33.1 Å². The Labute approximate surface area is 110 Å². The van der Waals surface area contributed by atoms with Crippen LogP contribution in [0.5, 0.6) is 5.88 Å².